The van der Waals surface area contributed by atoms with Crippen molar-refractivity contribution < 1.29 is 0 Å². The van der Waals surface area contributed by atoms with Crippen LogP contribution >= 0.6 is 0 Å². The summed E-state index contributed by atoms with van der Waals surface area (Å²) in [6.45, 7) is 0. The van der Waals surface area contributed by atoms with Crippen molar-refractivity contribution in [3.05, 3.63) is 66.4 Å². The lowest BCUT2D eigenvalue weighted by atomic mass is 10.0. The van der Waals surface area contributed by atoms with E-state index in [-0.39, 0.29) is 0 Å². The van der Waals surface area contributed by atoms with Gasteiger partial charge in [0.15, 0.2) is 0 Å². The maximum Gasteiger partial charge on any atom is 0.101 e. The van der Waals surface area contributed by atoms with Gasteiger partial charge >= 0.3 is 0 Å². The molecule has 1 heterocycles. The molecule has 18 heavy (non-hydrogen) atoms. The molecule has 2 heteroatoms. The Hall–Kier alpha value is -2.66. The molecule has 0 atom stereocenters. The summed E-state index contributed by atoms with van der Waals surface area (Å²) in [4.78, 5) is 4.30. The van der Waals surface area contributed by atoms with E-state index < -0.39 is 0 Å². The van der Waals surface area contributed by atoms with Crippen LogP contribution in [0.15, 0.2) is 60.8 Å². The van der Waals surface area contributed by atoms with E-state index in [0.29, 0.717) is 5.56 Å². The Morgan fingerprint density at radius 1 is 0.889 bits per heavy atom. The number of fused-ring (bicyclic) bond motifs is 1. The minimum absolute atomic E-state index is 0.604. The highest BCUT2D eigenvalue weighted by Crippen LogP contribution is 2.24. The third kappa shape index (κ3) is 1.72. The van der Waals surface area contributed by atoms with Gasteiger partial charge in [-0.15, -0.1) is 0 Å². The monoisotopic (exact) mass is 230 g/mol. The summed E-state index contributed by atoms with van der Waals surface area (Å²) < 4.78 is 0. The van der Waals surface area contributed by atoms with E-state index in [1.165, 1.54) is 5.39 Å². The molecule has 0 aliphatic carbocycles. The molecule has 0 fully saturated rings. The number of hydrogen-bond acceptors (Lipinski definition) is 2. The van der Waals surface area contributed by atoms with Crippen molar-refractivity contribution in [3.8, 4) is 17.3 Å². The van der Waals surface area contributed by atoms with Crippen LogP contribution in [-0.2, 0) is 0 Å². The first kappa shape index (κ1) is 10.5. The van der Waals surface area contributed by atoms with Crippen LogP contribution in [0.2, 0.25) is 0 Å². The molecule has 3 aromatic rings. The van der Waals surface area contributed by atoms with Crippen LogP contribution < -0.4 is 0 Å². The van der Waals surface area contributed by atoms with E-state index in [2.05, 4.69) is 35.3 Å². The Bertz CT molecular complexity index is 754. The number of pyridine rings is 1. The Kier molecular flexibility index (Phi) is 2.51. The second-order valence-corrected chi connectivity index (χ2v) is 4.07. The predicted octanol–water partition coefficient (Wildman–Crippen LogP) is 3.77. The SMILES string of the molecule is N#Cc1cccnc1-c1ccc2ccccc2c1. The van der Waals surface area contributed by atoms with Crippen molar-refractivity contribution in [1.29, 1.82) is 5.26 Å². The van der Waals surface area contributed by atoms with Gasteiger partial charge in [0, 0.05) is 11.8 Å². The standard InChI is InChI=1S/C16H10N2/c17-11-15-6-3-9-18-16(15)14-8-7-12-4-1-2-5-13(12)10-14/h1-10H. The molecule has 0 N–H and O–H groups in total. The lowest BCUT2D eigenvalue weighted by Crippen LogP contribution is -1.88. The smallest absolute Gasteiger partial charge is 0.101 e. The van der Waals surface area contributed by atoms with Gasteiger partial charge in [-0.2, -0.15) is 5.26 Å². The quantitative estimate of drug-likeness (QED) is 0.638. The largest absolute Gasteiger partial charge is 0.255 e. The number of aromatic nitrogens is 1. The Labute approximate surface area is 105 Å². The highest BCUT2D eigenvalue weighted by molar-refractivity contribution is 5.87. The molecule has 3 rings (SSSR count). The summed E-state index contributed by atoms with van der Waals surface area (Å²) in [6, 6.07) is 20.0. The lowest BCUT2D eigenvalue weighted by Gasteiger charge is -2.04. The molecule has 0 unspecified atom stereocenters. The predicted molar refractivity (Wildman–Crippen MR) is 71.9 cm³/mol. The van der Waals surface area contributed by atoms with Gasteiger partial charge in [0.05, 0.1) is 11.3 Å². The lowest BCUT2D eigenvalue weighted by molar-refractivity contribution is 1.30. The van der Waals surface area contributed by atoms with Crippen LogP contribution in [0.1, 0.15) is 5.56 Å². The molecule has 84 valence electrons. The third-order valence-electron chi connectivity index (χ3n) is 2.95. The average Bonchev–Trinajstić information content (AvgIpc) is 2.46. The zero-order valence-electron chi connectivity index (χ0n) is 9.67. The van der Waals surface area contributed by atoms with Crippen LogP contribution in [0, 0.1) is 11.3 Å². The zero-order chi connectivity index (χ0) is 12.4. The molecule has 0 aliphatic rings. The van der Waals surface area contributed by atoms with Crippen molar-refractivity contribution in [2.45, 2.75) is 0 Å². The second-order valence-electron chi connectivity index (χ2n) is 4.07. The molecule has 0 saturated carbocycles. The normalized spacial score (nSPS) is 10.2. The van der Waals surface area contributed by atoms with E-state index in [4.69, 9.17) is 5.26 Å². The van der Waals surface area contributed by atoms with Crippen LogP contribution in [0.5, 0.6) is 0 Å². The first-order valence-electron chi connectivity index (χ1n) is 5.73. The maximum atomic E-state index is 9.10. The van der Waals surface area contributed by atoms with E-state index in [1.54, 1.807) is 18.3 Å². The summed E-state index contributed by atoms with van der Waals surface area (Å²) in [7, 11) is 0. The molecule has 0 aliphatic heterocycles. The van der Waals surface area contributed by atoms with Gasteiger partial charge in [0.1, 0.15) is 6.07 Å². The number of nitrogens with zero attached hydrogens (tertiary/aromatic N) is 2. The van der Waals surface area contributed by atoms with E-state index in [0.717, 1.165) is 16.6 Å². The molecule has 0 spiro atoms. The van der Waals surface area contributed by atoms with Gasteiger partial charge < -0.3 is 0 Å². The summed E-state index contributed by atoms with van der Waals surface area (Å²) in [5.74, 6) is 0. The summed E-state index contributed by atoms with van der Waals surface area (Å²) in [5.41, 5.74) is 2.32. The maximum absolute atomic E-state index is 9.10. The third-order valence-corrected chi connectivity index (χ3v) is 2.95. The fraction of sp³-hybridized carbons (Fsp3) is 0. The average molecular weight is 230 g/mol. The highest BCUT2D eigenvalue weighted by Gasteiger charge is 2.05. The van der Waals surface area contributed by atoms with E-state index >= 15 is 0 Å². The molecule has 2 aromatic carbocycles. The van der Waals surface area contributed by atoms with Crippen LogP contribution in [-0.4, -0.2) is 4.98 Å². The highest BCUT2D eigenvalue weighted by atomic mass is 14.7. The summed E-state index contributed by atoms with van der Waals surface area (Å²) in [5, 5.41) is 11.5. The number of nitriles is 1. The minimum Gasteiger partial charge on any atom is -0.255 e. The fourth-order valence-electron chi connectivity index (χ4n) is 2.06. The number of benzene rings is 2. The molecule has 0 bridgehead atoms. The second kappa shape index (κ2) is 4.31. The van der Waals surface area contributed by atoms with Crippen LogP contribution in [0.4, 0.5) is 0 Å². The zero-order valence-corrected chi connectivity index (χ0v) is 9.67. The fourth-order valence-corrected chi connectivity index (χ4v) is 2.06. The molecule has 1 aromatic heterocycles. The number of hydrogen-bond donors (Lipinski definition) is 0. The van der Waals surface area contributed by atoms with Crippen molar-refractivity contribution in [3.63, 3.8) is 0 Å². The topological polar surface area (TPSA) is 36.7 Å². The molecular weight excluding hydrogens is 220 g/mol. The van der Waals surface area contributed by atoms with Gasteiger partial charge in [-0.05, 0) is 29.0 Å². The Morgan fingerprint density at radius 2 is 1.72 bits per heavy atom. The minimum atomic E-state index is 0.604. The molecule has 0 amide bonds. The summed E-state index contributed by atoms with van der Waals surface area (Å²) >= 11 is 0. The first-order valence-corrected chi connectivity index (χ1v) is 5.73. The van der Waals surface area contributed by atoms with Gasteiger partial charge in [0.2, 0.25) is 0 Å². The first-order chi connectivity index (χ1) is 8.88. The Balaban J connectivity index is 2.23. The van der Waals surface area contributed by atoms with Gasteiger partial charge in [-0.1, -0.05) is 36.4 Å². The van der Waals surface area contributed by atoms with Gasteiger partial charge in [0.25, 0.3) is 0 Å². The van der Waals surface area contributed by atoms with Crippen molar-refractivity contribution in [2.24, 2.45) is 0 Å². The van der Waals surface area contributed by atoms with Gasteiger partial charge in [-0.25, -0.2) is 0 Å². The van der Waals surface area contributed by atoms with Crippen molar-refractivity contribution in [2.75, 3.05) is 0 Å². The van der Waals surface area contributed by atoms with Crippen molar-refractivity contribution in [1.82, 2.24) is 4.98 Å². The summed E-state index contributed by atoms with van der Waals surface area (Å²) in [6.07, 6.45) is 1.71. The Morgan fingerprint density at radius 3 is 2.56 bits per heavy atom. The van der Waals surface area contributed by atoms with Crippen LogP contribution in [0.3, 0.4) is 0 Å². The molecular formula is C16H10N2. The van der Waals surface area contributed by atoms with Crippen molar-refractivity contribution >= 4 is 10.8 Å². The number of rotatable bonds is 1. The molecule has 0 saturated heterocycles. The van der Waals surface area contributed by atoms with E-state index in [1.807, 2.05) is 18.2 Å². The molecule has 2 nitrogen and oxygen atoms in total. The molecule has 0 radical (unpaired) electrons. The van der Waals surface area contributed by atoms with Crippen LogP contribution in [0.25, 0.3) is 22.0 Å². The van der Waals surface area contributed by atoms with Gasteiger partial charge in [-0.3, -0.25) is 4.98 Å². The van der Waals surface area contributed by atoms with E-state index in [9.17, 15) is 0 Å².